The number of hydrogen-bond donors (Lipinski definition) is 0. The van der Waals surface area contributed by atoms with E-state index in [1.165, 1.54) is 0 Å². The summed E-state index contributed by atoms with van der Waals surface area (Å²) >= 11 is 7.39. The molecule has 0 fully saturated rings. The first-order valence-corrected chi connectivity index (χ1v) is 14.0. The summed E-state index contributed by atoms with van der Waals surface area (Å²) in [6, 6.07) is 0. The molecule has 0 aliphatic carbocycles. The summed E-state index contributed by atoms with van der Waals surface area (Å²) in [6.45, 7) is 0. The first-order valence-electron chi connectivity index (χ1n) is 0.507. The molecule has 0 radical (unpaired) electrons. The van der Waals surface area contributed by atoms with Gasteiger partial charge in [0.25, 0.3) is 0 Å². The van der Waals surface area contributed by atoms with Gasteiger partial charge in [-0.25, -0.2) is 0 Å². The van der Waals surface area contributed by atoms with Crippen molar-refractivity contribution < 1.29 is 4.92 Å². The van der Waals surface area contributed by atoms with E-state index in [4.69, 9.17) is 0 Å². The summed E-state index contributed by atoms with van der Waals surface area (Å²) < 4.78 is 0. The molecule has 0 unspecified atom stereocenters. The quantitative estimate of drug-likeness (QED) is 0.306. The fourth-order valence-electron chi connectivity index (χ4n) is 0. The van der Waals surface area contributed by atoms with Gasteiger partial charge in [-0.05, 0) is 0 Å². The molecular weight excluding hydrogens is 571 g/mol. The molecule has 0 aromatic rings. The third-order valence-corrected chi connectivity index (χ3v) is 0. The van der Waals surface area contributed by atoms with Gasteiger partial charge in [0.2, 0.25) is 0 Å². The van der Waals surface area contributed by atoms with Crippen LogP contribution >= 0.6 is 83.9 Å². The summed E-state index contributed by atoms with van der Waals surface area (Å²) in [7, 11) is 0. The van der Waals surface area contributed by atoms with Crippen LogP contribution in [0.3, 0.4) is 0 Å². The van der Waals surface area contributed by atoms with Crippen LogP contribution in [0.15, 0.2) is 0 Å². The first-order chi connectivity index (χ1) is 1.73. The van der Waals surface area contributed by atoms with E-state index >= 15 is 0 Å². The number of halogens is 4. The Morgan fingerprint density at radius 3 is 1.00 bits per heavy atom. The molecule has 0 saturated carbocycles. The standard InChI is InChI=1S/CH3.4HI.V/h1H3;4*1H;/q-1;;;;;+3/p-3. The maximum atomic E-state index is 2.46. The van der Waals surface area contributed by atoms with Crippen LogP contribution in [0.4, 0.5) is 0 Å². The van der Waals surface area contributed by atoms with Crippen molar-refractivity contribution in [2.24, 2.45) is 0 Å². The predicted octanol–water partition coefficient (Wildman–Crippen LogP) is 3.72. The van der Waals surface area contributed by atoms with Gasteiger partial charge in [-0.15, -0.1) is 24.0 Å². The third-order valence-electron chi connectivity index (χ3n) is 0. The SMILES string of the molecule is I.[CH3-].[I][V]([I])[I]. The average Bonchev–Trinajstić information content (AvgIpc) is 0.811. The van der Waals surface area contributed by atoms with E-state index in [1.807, 2.05) is 0 Å². The van der Waals surface area contributed by atoms with Crippen molar-refractivity contribution in [3.8, 4) is 0 Å². The van der Waals surface area contributed by atoms with Gasteiger partial charge in [-0.2, -0.15) is 0 Å². The molecule has 0 rings (SSSR count). The van der Waals surface area contributed by atoms with Crippen molar-refractivity contribution in [1.82, 2.24) is 0 Å². The normalized spacial score (nSPS) is 6.00. The minimum atomic E-state index is -0.278. The monoisotopic (exact) mass is 575 g/mol. The maximum absolute atomic E-state index is 2.46. The van der Waals surface area contributed by atoms with Crippen LogP contribution in [0.25, 0.3) is 0 Å². The van der Waals surface area contributed by atoms with E-state index in [9.17, 15) is 0 Å². The van der Waals surface area contributed by atoms with Crippen molar-refractivity contribution in [3.63, 3.8) is 0 Å². The molecule has 42 valence electrons. The van der Waals surface area contributed by atoms with Crippen LogP contribution in [-0.2, 0) is 4.92 Å². The topological polar surface area (TPSA) is 0 Å². The summed E-state index contributed by atoms with van der Waals surface area (Å²) in [4.78, 5) is -0.278. The summed E-state index contributed by atoms with van der Waals surface area (Å²) in [6.07, 6.45) is 0. The van der Waals surface area contributed by atoms with Gasteiger partial charge >= 0.3 is 64.9 Å². The molecule has 0 nitrogen and oxygen atoms in total. The van der Waals surface area contributed by atoms with Crippen molar-refractivity contribution in [3.05, 3.63) is 7.43 Å². The summed E-state index contributed by atoms with van der Waals surface area (Å²) in [5, 5.41) is 0. The van der Waals surface area contributed by atoms with E-state index in [1.54, 1.807) is 0 Å². The number of rotatable bonds is 0. The first kappa shape index (κ1) is 16.2. The van der Waals surface area contributed by atoms with E-state index in [0.717, 1.165) is 0 Å². The fraction of sp³-hybridized carbons (Fsp3) is 0. The molecule has 0 bridgehead atoms. The molecule has 0 spiro atoms. The molecule has 5 heteroatoms. The Bertz CT molecular complexity index is 12.3. The molecule has 0 aliphatic rings. The second-order valence-corrected chi connectivity index (χ2v) is 35.6. The predicted molar refractivity (Wildman–Crippen MR) is 63.9 cm³/mol. The van der Waals surface area contributed by atoms with Gasteiger partial charge in [0, 0.05) is 0 Å². The molecule has 0 N–H and O–H groups in total. The van der Waals surface area contributed by atoms with Crippen molar-refractivity contribution in [1.29, 1.82) is 0 Å². The van der Waals surface area contributed by atoms with Crippen LogP contribution in [0.2, 0.25) is 0 Å². The van der Waals surface area contributed by atoms with Crippen LogP contribution in [-0.4, -0.2) is 0 Å². The van der Waals surface area contributed by atoms with Crippen molar-refractivity contribution in [2.45, 2.75) is 0 Å². The Balaban J connectivity index is -0.0000000450. The van der Waals surface area contributed by atoms with Crippen molar-refractivity contribution in [2.75, 3.05) is 0 Å². The molecular formula is CH4I4V-. The molecule has 6 heavy (non-hydrogen) atoms. The molecule has 0 aromatic heterocycles. The van der Waals surface area contributed by atoms with Crippen LogP contribution < -0.4 is 0 Å². The Kier molecular flexibility index (Phi) is 30.7. The van der Waals surface area contributed by atoms with Gasteiger partial charge in [-0.3, -0.25) is 0 Å². The zero-order valence-corrected chi connectivity index (χ0v) is 13.2. The van der Waals surface area contributed by atoms with Gasteiger partial charge in [-0.1, -0.05) is 0 Å². The Labute approximate surface area is 93.7 Å². The van der Waals surface area contributed by atoms with Gasteiger partial charge in [0.15, 0.2) is 0 Å². The molecule has 0 aliphatic heterocycles. The zero-order valence-electron chi connectivity index (χ0n) is 2.99. The zero-order chi connectivity index (χ0) is 3.58. The molecule has 0 aromatic carbocycles. The fourth-order valence-corrected chi connectivity index (χ4v) is 0. The van der Waals surface area contributed by atoms with Gasteiger partial charge < -0.3 is 7.43 Å². The Morgan fingerprint density at radius 2 is 1.00 bits per heavy atom. The van der Waals surface area contributed by atoms with Crippen LogP contribution in [0.5, 0.6) is 0 Å². The molecule has 0 amide bonds. The van der Waals surface area contributed by atoms with Gasteiger partial charge in [0.1, 0.15) is 0 Å². The molecule has 0 heterocycles. The van der Waals surface area contributed by atoms with Crippen LogP contribution in [0.1, 0.15) is 0 Å². The minimum absolute atomic E-state index is 0. The van der Waals surface area contributed by atoms with E-state index in [0.29, 0.717) is 0 Å². The average molecular weight is 575 g/mol. The molecule has 0 saturated heterocycles. The third kappa shape index (κ3) is 25.9. The van der Waals surface area contributed by atoms with E-state index in [2.05, 4.69) is 59.9 Å². The summed E-state index contributed by atoms with van der Waals surface area (Å²) in [5.41, 5.74) is 0. The second-order valence-electron chi connectivity index (χ2n) is 0.192. The number of hydrogen-bond acceptors (Lipinski definition) is 0. The second kappa shape index (κ2) is 11.3. The van der Waals surface area contributed by atoms with Gasteiger partial charge in [0.05, 0.1) is 0 Å². The van der Waals surface area contributed by atoms with Crippen LogP contribution in [0, 0.1) is 7.43 Å². The van der Waals surface area contributed by atoms with Crippen molar-refractivity contribution >= 4 is 83.9 Å². The Morgan fingerprint density at radius 1 is 1.00 bits per heavy atom. The summed E-state index contributed by atoms with van der Waals surface area (Å²) in [5.74, 6) is 0. The van der Waals surface area contributed by atoms with E-state index in [-0.39, 0.29) is 36.3 Å². The molecule has 0 atom stereocenters. The van der Waals surface area contributed by atoms with E-state index < -0.39 is 0 Å². The Hall–Kier alpha value is 3.50.